The van der Waals surface area contributed by atoms with Gasteiger partial charge in [-0.25, -0.2) is 14.6 Å². The van der Waals surface area contributed by atoms with Crippen molar-refractivity contribution in [2.45, 2.75) is 20.8 Å². The summed E-state index contributed by atoms with van der Waals surface area (Å²) < 4.78 is 6.87. The molecule has 3 heterocycles. The van der Waals surface area contributed by atoms with Crippen LogP contribution in [0.4, 0.5) is 0 Å². The second kappa shape index (κ2) is 8.73. The molecule has 6 nitrogen and oxygen atoms in total. The lowest BCUT2D eigenvalue weighted by molar-refractivity contribution is 0.398. The van der Waals surface area contributed by atoms with Gasteiger partial charge in [-0.3, -0.25) is 4.79 Å². The van der Waals surface area contributed by atoms with Crippen molar-refractivity contribution >= 4 is 45.9 Å². The van der Waals surface area contributed by atoms with Crippen LogP contribution in [0.25, 0.3) is 28.4 Å². The Balaban J connectivity index is 2.00. The van der Waals surface area contributed by atoms with Crippen LogP contribution < -0.4 is 10.2 Å². The minimum absolute atomic E-state index is 0.241. The first-order valence-corrected chi connectivity index (χ1v) is 10.6. The highest BCUT2D eigenvalue weighted by Crippen LogP contribution is 2.27. The standard InChI is InChI=1S/C24H20Cl2N4O2/c1-13-10-20-23(28-15(13)3)24(31)22(14(2)9-16-7-8-27-21(11-16)32-4)29-30(20)17-5-6-18(25)19(26)12-17/h5-12H,1-4H3/b14-9+. The lowest BCUT2D eigenvalue weighted by Crippen LogP contribution is -2.19. The van der Waals surface area contributed by atoms with Gasteiger partial charge in [0.15, 0.2) is 0 Å². The molecule has 0 atom stereocenters. The van der Waals surface area contributed by atoms with Crippen LogP contribution in [0.2, 0.25) is 10.0 Å². The van der Waals surface area contributed by atoms with Gasteiger partial charge in [0.25, 0.3) is 0 Å². The van der Waals surface area contributed by atoms with Crippen molar-refractivity contribution < 1.29 is 4.74 Å². The average molecular weight is 467 g/mol. The van der Waals surface area contributed by atoms with Crippen molar-refractivity contribution in [2.75, 3.05) is 7.11 Å². The molecule has 4 aromatic rings. The predicted molar refractivity (Wildman–Crippen MR) is 129 cm³/mol. The van der Waals surface area contributed by atoms with Gasteiger partial charge < -0.3 is 4.74 Å². The van der Waals surface area contributed by atoms with Gasteiger partial charge in [-0.2, -0.15) is 5.10 Å². The number of pyridine rings is 2. The normalized spacial score (nSPS) is 11.8. The SMILES string of the molecule is COc1cc(/C=C(\C)c2nn(-c3ccc(Cl)c(Cl)c3)c3cc(C)c(C)nc3c2=O)ccn1. The van der Waals surface area contributed by atoms with Gasteiger partial charge in [-0.05, 0) is 73.9 Å². The van der Waals surface area contributed by atoms with Crippen LogP contribution in [0, 0.1) is 13.8 Å². The number of aryl methyl sites for hydroxylation is 2. The van der Waals surface area contributed by atoms with E-state index in [0.717, 1.165) is 16.8 Å². The molecule has 0 amide bonds. The molecule has 0 unspecified atom stereocenters. The van der Waals surface area contributed by atoms with Gasteiger partial charge in [0.2, 0.25) is 11.3 Å². The number of nitrogens with zero attached hydrogens (tertiary/aromatic N) is 4. The number of hydrogen-bond donors (Lipinski definition) is 0. The molecule has 3 aromatic heterocycles. The Morgan fingerprint density at radius 1 is 1.09 bits per heavy atom. The largest absolute Gasteiger partial charge is 0.481 e. The number of ether oxygens (including phenoxy) is 1. The van der Waals surface area contributed by atoms with Crippen molar-refractivity contribution in [3.8, 4) is 11.6 Å². The summed E-state index contributed by atoms with van der Waals surface area (Å²) in [5, 5.41) is 5.53. The van der Waals surface area contributed by atoms with E-state index in [2.05, 4.69) is 9.97 Å². The molecular formula is C24H20Cl2N4O2. The molecular weight excluding hydrogens is 447 g/mol. The third-order valence-corrected chi connectivity index (χ3v) is 5.92. The fourth-order valence-electron chi connectivity index (χ4n) is 3.35. The number of halogens is 2. The summed E-state index contributed by atoms with van der Waals surface area (Å²) in [5.41, 5.74) is 4.91. The molecule has 0 fully saturated rings. The molecule has 0 N–H and O–H groups in total. The second-order valence-corrected chi connectivity index (χ2v) is 8.22. The number of aromatic nitrogens is 4. The molecule has 1 aromatic carbocycles. The van der Waals surface area contributed by atoms with E-state index < -0.39 is 0 Å². The maximum absolute atomic E-state index is 13.4. The van der Waals surface area contributed by atoms with Crippen molar-refractivity contribution in [3.05, 3.63) is 85.4 Å². The number of benzene rings is 1. The first kappa shape index (κ1) is 22.0. The van der Waals surface area contributed by atoms with Gasteiger partial charge in [-0.1, -0.05) is 23.2 Å². The van der Waals surface area contributed by atoms with Gasteiger partial charge >= 0.3 is 0 Å². The number of rotatable bonds is 4. The summed E-state index contributed by atoms with van der Waals surface area (Å²) in [5.74, 6) is 0.485. The average Bonchev–Trinajstić information content (AvgIpc) is 2.77. The zero-order valence-corrected chi connectivity index (χ0v) is 19.5. The fraction of sp³-hybridized carbons (Fsp3) is 0.167. The number of allylic oxidation sites excluding steroid dienone is 1. The van der Waals surface area contributed by atoms with Gasteiger partial charge in [-0.15, -0.1) is 0 Å². The first-order valence-electron chi connectivity index (χ1n) is 9.84. The Bertz CT molecular complexity index is 1440. The molecule has 162 valence electrons. The molecule has 0 saturated heterocycles. The summed E-state index contributed by atoms with van der Waals surface area (Å²) >= 11 is 12.4. The summed E-state index contributed by atoms with van der Waals surface area (Å²) in [4.78, 5) is 22.1. The summed E-state index contributed by atoms with van der Waals surface area (Å²) in [6.07, 6.45) is 3.51. The number of methoxy groups -OCH3 is 1. The van der Waals surface area contributed by atoms with Gasteiger partial charge in [0.05, 0.1) is 28.4 Å². The van der Waals surface area contributed by atoms with Crippen molar-refractivity contribution in [3.63, 3.8) is 0 Å². The molecule has 0 spiro atoms. The van der Waals surface area contributed by atoms with Crippen LogP contribution in [0.15, 0.2) is 47.4 Å². The molecule has 0 radical (unpaired) electrons. The monoisotopic (exact) mass is 466 g/mol. The van der Waals surface area contributed by atoms with Gasteiger partial charge in [0.1, 0.15) is 11.2 Å². The number of fused-ring (bicyclic) bond motifs is 1. The Morgan fingerprint density at radius 2 is 1.88 bits per heavy atom. The van der Waals surface area contributed by atoms with E-state index in [-0.39, 0.29) is 11.1 Å². The highest BCUT2D eigenvalue weighted by Gasteiger charge is 2.17. The van der Waals surface area contributed by atoms with Crippen LogP contribution in [-0.2, 0) is 0 Å². The predicted octanol–water partition coefficient (Wildman–Crippen LogP) is 5.67. The first-order chi connectivity index (χ1) is 15.3. The molecule has 0 aliphatic rings. The zero-order chi connectivity index (χ0) is 23.0. The molecule has 0 aliphatic carbocycles. The van der Waals surface area contributed by atoms with Crippen LogP contribution >= 0.6 is 23.2 Å². The van der Waals surface area contributed by atoms with E-state index in [1.54, 1.807) is 42.3 Å². The van der Waals surface area contributed by atoms with E-state index in [1.807, 2.05) is 39.0 Å². The maximum atomic E-state index is 13.4. The highest BCUT2D eigenvalue weighted by molar-refractivity contribution is 6.42. The van der Waals surface area contributed by atoms with Crippen molar-refractivity contribution in [1.82, 2.24) is 19.7 Å². The fourth-order valence-corrected chi connectivity index (χ4v) is 3.64. The van der Waals surface area contributed by atoms with Crippen LogP contribution in [-0.4, -0.2) is 26.9 Å². The van der Waals surface area contributed by atoms with Crippen LogP contribution in [0.1, 0.15) is 29.4 Å². The molecule has 0 aliphatic heterocycles. The Hall–Kier alpha value is -3.22. The summed E-state index contributed by atoms with van der Waals surface area (Å²) in [6.45, 7) is 5.66. The molecule has 0 saturated carbocycles. The minimum atomic E-state index is -0.241. The van der Waals surface area contributed by atoms with Crippen molar-refractivity contribution in [1.29, 1.82) is 0 Å². The second-order valence-electron chi connectivity index (χ2n) is 7.41. The summed E-state index contributed by atoms with van der Waals surface area (Å²) in [6, 6.07) is 10.7. The van der Waals surface area contributed by atoms with E-state index in [4.69, 9.17) is 33.0 Å². The third kappa shape index (κ3) is 4.11. The van der Waals surface area contributed by atoms with Crippen LogP contribution in [0.5, 0.6) is 5.88 Å². The van der Waals surface area contributed by atoms with E-state index >= 15 is 0 Å². The Morgan fingerprint density at radius 3 is 2.59 bits per heavy atom. The smallest absolute Gasteiger partial charge is 0.233 e. The van der Waals surface area contributed by atoms with E-state index in [0.29, 0.717) is 38.2 Å². The zero-order valence-electron chi connectivity index (χ0n) is 18.0. The quantitative estimate of drug-likeness (QED) is 0.387. The van der Waals surface area contributed by atoms with Gasteiger partial charge in [0, 0.05) is 18.0 Å². The number of hydrogen-bond acceptors (Lipinski definition) is 5. The van der Waals surface area contributed by atoms with Crippen LogP contribution in [0.3, 0.4) is 0 Å². The molecule has 8 heteroatoms. The Labute approximate surface area is 195 Å². The molecule has 0 bridgehead atoms. The topological polar surface area (TPSA) is 69.9 Å². The molecule has 4 rings (SSSR count). The summed E-state index contributed by atoms with van der Waals surface area (Å²) in [7, 11) is 1.56. The maximum Gasteiger partial charge on any atom is 0.233 e. The highest BCUT2D eigenvalue weighted by atomic mass is 35.5. The molecule has 32 heavy (non-hydrogen) atoms. The lowest BCUT2D eigenvalue weighted by Gasteiger charge is -2.14. The third-order valence-electron chi connectivity index (χ3n) is 5.18. The lowest BCUT2D eigenvalue weighted by atomic mass is 10.1. The van der Waals surface area contributed by atoms with Crippen molar-refractivity contribution in [2.24, 2.45) is 0 Å². The minimum Gasteiger partial charge on any atom is -0.481 e. The Kier molecular flexibility index (Phi) is 6.00. The van der Waals surface area contributed by atoms with E-state index in [1.165, 1.54) is 0 Å². The van der Waals surface area contributed by atoms with E-state index in [9.17, 15) is 4.79 Å².